The van der Waals surface area contributed by atoms with Gasteiger partial charge in [0.2, 0.25) is 0 Å². The van der Waals surface area contributed by atoms with E-state index in [1.54, 1.807) is 0 Å². The fourth-order valence-electron chi connectivity index (χ4n) is 5.40. The summed E-state index contributed by atoms with van der Waals surface area (Å²) in [5, 5.41) is 12.1. The van der Waals surface area contributed by atoms with Crippen LogP contribution < -0.4 is 5.32 Å². The van der Waals surface area contributed by atoms with Gasteiger partial charge in [-0.25, -0.2) is 17.6 Å². The van der Waals surface area contributed by atoms with Gasteiger partial charge in [-0.3, -0.25) is 9.59 Å². The van der Waals surface area contributed by atoms with Gasteiger partial charge in [0.15, 0.2) is 0 Å². The lowest BCUT2D eigenvalue weighted by Crippen LogP contribution is -2.79. The van der Waals surface area contributed by atoms with Crippen molar-refractivity contribution >= 4 is 11.8 Å². The van der Waals surface area contributed by atoms with Gasteiger partial charge >= 0.3 is 18.0 Å². The minimum atomic E-state index is -4.44. The molecule has 0 radical (unpaired) electrons. The van der Waals surface area contributed by atoms with Crippen molar-refractivity contribution in [2.24, 2.45) is 5.41 Å². The zero-order valence-corrected chi connectivity index (χ0v) is 14.4. The van der Waals surface area contributed by atoms with Crippen LogP contribution in [0.25, 0.3) is 0 Å². The molecule has 2 atom stereocenters. The van der Waals surface area contributed by atoms with E-state index in [0.29, 0.717) is 0 Å². The highest BCUT2D eigenvalue weighted by molar-refractivity contribution is 6.35. The molecule has 2 bridgehead atoms. The number of alkyl halides is 7. The minimum absolute atomic E-state index is 0.277. The Morgan fingerprint density at radius 2 is 1.57 bits per heavy atom. The summed E-state index contributed by atoms with van der Waals surface area (Å²) in [6, 6.07) is 0. The Bertz CT molecular complexity index is 733. The number of hydrogen-bond donors (Lipinski definition) is 2. The molecule has 28 heavy (non-hydrogen) atoms. The molecule has 1 aliphatic heterocycles. The molecular formula is C16H17F7N2O3. The van der Waals surface area contributed by atoms with Gasteiger partial charge < -0.3 is 15.3 Å². The molecule has 2 N–H and O–H groups in total. The largest absolute Gasteiger partial charge is 0.394 e. The van der Waals surface area contributed by atoms with Crippen LogP contribution in [0, 0.1) is 5.41 Å². The van der Waals surface area contributed by atoms with Crippen molar-refractivity contribution in [2.45, 2.75) is 73.7 Å². The predicted octanol–water partition coefficient (Wildman–Crippen LogP) is 1.98. The third-order valence-electron chi connectivity index (χ3n) is 6.75. The standard InChI is InChI=1S/C16H17F7N2O3/c17-14(18)2-1-13(6-14)10(28)15(19,20)7-25(13)9(27)8(26)24-12-3-11(4-12,5-12)16(21,22)23/h10,28H,1-7H2,(H,24,26)/t10-,11?,12?,13-/m0/s1. The maximum atomic E-state index is 14.0. The van der Waals surface area contributed by atoms with Gasteiger partial charge in [0, 0.05) is 18.4 Å². The van der Waals surface area contributed by atoms with E-state index in [0.717, 1.165) is 0 Å². The Kier molecular flexibility index (Phi) is 3.60. The van der Waals surface area contributed by atoms with Crippen molar-refractivity contribution in [3.8, 4) is 0 Å². The number of aliphatic hydroxyl groups is 1. The van der Waals surface area contributed by atoms with Crippen molar-refractivity contribution in [3.05, 3.63) is 0 Å². The van der Waals surface area contributed by atoms with Crippen LogP contribution in [0.5, 0.6) is 0 Å². The lowest BCUT2D eigenvalue weighted by Gasteiger charge is -2.70. The van der Waals surface area contributed by atoms with Crippen LogP contribution >= 0.6 is 0 Å². The first-order valence-corrected chi connectivity index (χ1v) is 8.72. The smallest absolute Gasteiger partial charge is 0.384 e. The quantitative estimate of drug-likeness (QED) is 0.506. The number of nitrogens with one attached hydrogen (secondary N) is 1. The molecule has 0 aromatic carbocycles. The van der Waals surface area contributed by atoms with Crippen LogP contribution in [0.4, 0.5) is 30.7 Å². The Labute approximate surface area is 154 Å². The maximum absolute atomic E-state index is 14.0. The molecule has 0 unspecified atom stereocenters. The van der Waals surface area contributed by atoms with Crippen LogP contribution in [0.3, 0.4) is 0 Å². The van der Waals surface area contributed by atoms with Gasteiger partial charge in [0.05, 0.1) is 17.5 Å². The van der Waals surface area contributed by atoms with E-state index in [4.69, 9.17) is 0 Å². The highest BCUT2D eigenvalue weighted by Crippen LogP contribution is 2.73. The Morgan fingerprint density at radius 1 is 1.00 bits per heavy atom. The minimum Gasteiger partial charge on any atom is -0.384 e. The molecular weight excluding hydrogens is 401 g/mol. The van der Waals surface area contributed by atoms with E-state index in [-0.39, 0.29) is 4.90 Å². The molecule has 5 fully saturated rings. The van der Waals surface area contributed by atoms with E-state index in [2.05, 4.69) is 5.32 Å². The van der Waals surface area contributed by atoms with Crippen molar-refractivity contribution < 1.29 is 45.4 Å². The van der Waals surface area contributed by atoms with E-state index in [9.17, 15) is 45.4 Å². The summed E-state index contributed by atoms with van der Waals surface area (Å²) >= 11 is 0. The SMILES string of the molecule is O=C(NC12CC(C(F)(F)F)(C1)C2)C(=O)N1CC(F)(F)[C@@H](O)[C@@]12CCC(F)(F)C2. The fourth-order valence-corrected chi connectivity index (χ4v) is 5.40. The van der Waals surface area contributed by atoms with E-state index in [1.807, 2.05) is 0 Å². The third-order valence-corrected chi connectivity index (χ3v) is 6.75. The number of carbonyl (C=O) groups is 2. The van der Waals surface area contributed by atoms with E-state index >= 15 is 0 Å². The molecule has 0 aromatic rings. The second kappa shape index (κ2) is 5.11. The second-order valence-corrected chi connectivity index (χ2v) is 8.73. The highest BCUT2D eigenvalue weighted by Gasteiger charge is 2.79. The Balaban J connectivity index is 1.49. The van der Waals surface area contributed by atoms with Crippen LogP contribution in [-0.2, 0) is 9.59 Å². The Hall–Kier alpha value is -1.59. The van der Waals surface area contributed by atoms with Gasteiger partial charge in [-0.15, -0.1) is 0 Å². The molecule has 1 heterocycles. The molecule has 2 amide bonds. The summed E-state index contributed by atoms with van der Waals surface area (Å²) in [4.78, 5) is 25.0. The van der Waals surface area contributed by atoms with Crippen molar-refractivity contribution in [3.63, 3.8) is 0 Å². The maximum Gasteiger partial charge on any atom is 0.394 e. The van der Waals surface area contributed by atoms with Crippen molar-refractivity contribution in [1.29, 1.82) is 0 Å². The van der Waals surface area contributed by atoms with E-state index < -0.39 is 97.5 Å². The van der Waals surface area contributed by atoms with Crippen LogP contribution in [0.2, 0.25) is 0 Å². The zero-order chi connectivity index (χ0) is 21.0. The van der Waals surface area contributed by atoms with Gasteiger partial charge in [0.25, 0.3) is 11.8 Å². The molecule has 5 aliphatic rings. The second-order valence-electron chi connectivity index (χ2n) is 8.73. The van der Waals surface area contributed by atoms with Crippen LogP contribution in [-0.4, -0.2) is 63.6 Å². The first kappa shape index (κ1) is 19.7. The first-order chi connectivity index (χ1) is 12.6. The number of hydrogen-bond acceptors (Lipinski definition) is 3. The number of amides is 2. The summed E-state index contributed by atoms with van der Waals surface area (Å²) in [5.41, 5.74) is -5.40. The lowest BCUT2D eigenvalue weighted by molar-refractivity contribution is -0.337. The normalized spacial score (nSPS) is 42.9. The van der Waals surface area contributed by atoms with Gasteiger partial charge in [-0.05, 0) is 25.7 Å². The number of nitrogens with zero attached hydrogens (tertiary/aromatic N) is 1. The van der Waals surface area contributed by atoms with Gasteiger partial charge in [-0.2, -0.15) is 13.2 Å². The average Bonchev–Trinajstić information content (AvgIpc) is 2.89. The summed E-state index contributed by atoms with van der Waals surface area (Å²) in [6.45, 7) is -1.41. The molecule has 5 rings (SSSR count). The molecule has 1 spiro atoms. The van der Waals surface area contributed by atoms with Crippen LogP contribution in [0.1, 0.15) is 38.5 Å². The fraction of sp³-hybridized carbons (Fsp3) is 0.875. The average molecular weight is 418 g/mol. The molecule has 4 aliphatic carbocycles. The van der Waals surface area contributed by atoms with Gasteiger partial charge in [-0.1, -0.05) is 0 Å². The monoisotopic (exact) mass is 418 g/mol. The summed E-state index contributed by atoms with van der Waals surface area (Å²) in [5.74, 6) is -10.2. The summed E-state index contributed by atoms with van der Waals surface area (Å²) in [6.07, 6.45) is -10.9. The number of carbonyl (C=O) groups excluding carboxylic acids is 2. The number of likely N-dealkylation sites (tertiary alicyclic amines) is 1. The highest BCUT2D eigenvalue weighted by atomic mass is 19.4. The zero-order valence-electron chi connectivity index (χ0n) is 14.4. The Morgan fingerprint density at radius 3 is 2.04 bits per heavy atom. The predicted molar refractivity (Wildman–Crippen MR) is 77.4 cm³/mol. The molecule has 4 saturated carbocycles. The van der Waals surface area contributed by atoms with Crippen molar-refractivity contribution in [2.75, 3.05) is 6.54 Å². The van der Waals surface area contributed by atoms with Crippen LogP contribution in [0.15, 0.2) is 0 Å². The van der Waals surface area contributed by atoms with Crippen molar-refractivity contribution in [1.82, 2.24) is 10.2 Å². The number of halogens is 7. The lowest BCUT2D eigenvalue weighted by atomic mass is 9.39. The summed E-state index contributed by atoms with van der Waals surface area (Å²) < 4.78 is 94.0. The number of aliphatic hydroxyl groups excluding tert-OH is 1. The molecule has 0 aromatic heterocycles. The molecule has 158 valence electrons. The third kappa shape index (κ3) is 2.42. The molecule has 12 heteroatoms. The first-order valence-electron chi connectivity index (χ1n) is 8.72. The molecule has 1 saturated heterocycles. The topological polar surface area (TPSA) is 69.6 Å². The molecule has 5 nitrogen and oxygen atoms in total. The summed E-state index contributed by atoms with van der Waals surface area (Å²) in [7, 11) is 0. The number of rotatable bonds is 1. The van der Waals surface area contributed by atoms with E-state index in [1.165, 1.54) is 0 Å². The van der Waals surface area contributed by atoms with Gasteiger partial charge in [0.1, 0.15) is 6.10 Å².